The summed E-state index contributed by atoms with van der Waals surface area (Å²) in [5, 5.41) is 20.9. The van der Waals surface area contributed by atoms with Gasteiger partial charge in [-0.25, -0.2) is 13.6 Å². The van der Waals surface area contributed by atoms with Crippen molar-refractivity contribution in [3.05, 3.63) is 35.4 Å². The molecule has 118 valence electrons. The molecule has 2 fully saturated rings. The number of carbonyl (C=O) groups excluding carboxylic acids is 1. The van der Waals surface area contributed by atoms with Gasteiger partial charge in [0, 0.05) is 30.2 Å². The van der Waals surface area contributed by atoms with Gasteiger partial charge in [-0.2, -0.15) is 0 Å². The molecule has 3 N–H and O–H groups in total. The Labute approximate surface area is 124 Å². The Bertz CT molecular complexity index is 622. The van der Waals surface area contributed by atoms with E-state index in [1.165, 1.54) is 6.07 Å². The molecule has 2 saturated carbocycles. The number of hydrogen-bond donors (Lipinski definition) is 3. The van der Waals surface area contributed by atoms with Crippen LogP contribution in [-0.2, 0) is 9.59 Å². The number of carboxylic acid groups (broad SMARTS) is 1. The third kappa shape index (κ3) is 2.35. The molecular formula is C15H15F2NO4. The Morgan fingerprint density at radius 1 is 1.23 bits per heavy atom. The van der Waals surface area contributed by atoms with Gasteiger partial charge in [0.1, 0.15) is 17.2 Å². The third-order valence-electron chi connectivity index (χ3n) is 4.44. The van der Waals surface area contributed by atoms with Crippen molar-refractivity contribution in [2.45, 2.75) is 36.8 Å². The Morgan fingerprint density at radius 2 is 1.82 bits per heavy atom. The van der Waals surface area contributed by atoms with Crippen LogP contribution in [-0.4, -0.2) is 33.7 Å². The molecule has 2 unspecified atom stereocenters. The van der Waals surface area contributed by atoms with Crippen LogP contribution in [0.1, 0.15) is 30.7 Å². The summed E-state index contributed by atoms with van der Waals surface area (Å²) < 4.78 is 27.3. The van der Waals surface area contributed by atoms with Crippen LogP contribution in [0, 0.1) is 17.6 Å². The minimum atomic E-state index is -1.46. The second-order valence-electron chi connectivity index (χ2n) is 6.02. The Hall–Kier alpha value is -2.02. The van der Waals surface area contributed by atoms with E-state index in [0.29, 0.717) is 0 Å². The molecule has 2 aliphatic carbocycles. The van der Waals surface area contributed by atoms with Gasteiger partial charge in [0.05, 0.1) is 6.10 Å². The fourth-order valence-corrected chi connectivity index (χ4v) is 3.07. The second kappa shape index (κ2) is 5.01. The Balaban J connectivity index is 1.70. The normalized spacial score (nSPS) is 33.0. The minimum Gasteiger partial charge on any atom is -0.480 e. The van der Waals surface area contributed by atoms with Gasteiger partial charge in [-0.05, 0) is 18.6 Å². The number of carboxylic acids is 1. The van der Waals surface area contributed by atoms with E-state index in [4.69, 9.17) is 0 Å². The smallest absolute Gasteiger partial charge is 0.329 e. The van der Waals surface area contributed by atoms with Crippen molar-refractivity contribution in [3.63, 3.8) is 0 Å². The minimum absolute atomic E-state index is 0.0560. The molecular weight excluding hydrogens is 296 g/mol. The van der Waals surface area contributed by atoms with E-state index in [2.05, 4.69) is 5.32 Å². The quantitative estimate of drug-likeness (QED) is 0.779. The van der Waals surface area contributed by atoms with Crippen LogP contribution in [0.25, 0.3) is 0 Å². The van der Waals surface area contributed by atoms with Crippen molar-refractivity contribution >= 4 is 11.9 Å². The summed E-state index contributed by atoms with van der Waals surface area (Å²) in [5.41, 5.74) is -1.59. The number of carbonyl (C=O) groups is 2. The van der Waals surface area contributed by atoms with Gasteiger partial charge in [0.25, 0.3) is 0 Å². The molecule has 0 aromatic heterocycles. The molecule has 22 heavy (non-hydrogen) atoms. The van der Waals surface area contributed by atoms with Crippen molar-refractivity contribution in [2.75, 3.05) is 0 Å². The number of benzene rings is 1. The first-order valence-corrected chi connectivity index (χ1v) is 7.01. The van der Waals surface area contributed by atoms with Crippen molar-refractivity contribution in [1.29, 1.82) is 0 Å². The maximum absolute atomic E-state index is 13.7. The number of rotatable bonds is 4. The first kappa shape index (κ1) is 14.9. The van der Waals surface area contributed by atoms with Crippen molar-refractivity contribution in [3.8, 4) is 0 Å². The molecule has 1 aromatic rings. The van der Waals surface area contributed by atoms with Crippen molar-refractivity contribution in [2.24, 2.45) is 5.92 Å². The van der Waals surface area contributed by atoms with E-state index in [1.807, 2.05) is 0 Å². The van der Waals surface area contributed by atoms with Gasteiger partial charge in [-0.1, -0.05) is 6.07 Å². The van der Waals surface area contributed by atoms with Crippen LogP contribution >= 0.6 is 0 Å². The van der Waals surface area contributed by atoms with Crippen LogP contribution in [0.5, 0.6) is 0 Å². The first-order valence-electron chi connectivity index (χ1n) is 7.01. The lowest BCUT2D eigenvalue weighted by atomic mass is 9.74. The molecule has 0 heterocycles. The van der Waals surface area contributed by atoms with Gasteiger partial charge < -0.3 is 15.5 Å². The van der Waals surface area contributed by atoms with E-state index < -0.39 is 47.0 Å². The number of amides is 1. The summed E-state index contributed by atoms with van der Waals surface area (Å²) in [7, 11) is 0. The van der Waals surface area contributed by atoms with Crippen molar-refractivity contribution in [1.82, 2.24) is 5.32 Å². The predicted octanol–water partition coefficient (Wildman–Crippen LogP) is 1.16. The molecule has 0 radical (unpaired) electrons. The molecule has 5 nitrogen and oxygen atoms in total. The topological polar surface area (TPSA) is 86.6 Å². The highest BCUT2D eigenvalue weighted by atomic mass is 19.1. The number of nitrogens with one attached hydrogen (secondary N) is 1. The predicted molar refractivity (Wildman–Crippen MR) is 71.0 cm³/mol. The molecule has 7 heteroatoms. The maximum Gasteiger partial charge on any atom is 0.329 e. The zero-order valence-corrected chi connectivity index (χ0v) is 11.6. The number of aliphatic hydroxyl groups is 1. The molecule has 0 spiro atoms. The summed E-state index contributed by atoms with van der Waals surface area (Å²) in [6, 6.07) is 3.51. The van der Waals surface area contributed by atoms with E-state index in [9.17, 15) is 28.6 Å². The number of aliphatic carboxylic acids is 1. The lowest BCUT2D eigenvalue weighted by Crippen LogP contribution is -2.64. The molecule has 0 aliphatic heterocycles. The molecule has 0 saturated heterocycles. The number of hydrogen-bond acceptors (Lipinski definition) is 3. The number of aliphatic hydroxyl groups excluding tert-OH is 1. The third-order valence-corrected chi connectivity index (χ3v) is 4.44. The van der Waals surface area contributed by atoms with Crippen molar-refractivity contribution < 1.29 is 28.6 Å². The Kier molecular flexibility index (Phi) is 3.40. The second-order valence-corrected chi connectivity index (χ2v) is 6.02. The summed E-state index contributed by atoms with van der Waals surface area (Å²) in [5.74, 6) is -4.36. The first-order chi connectivity index (χ1) is 10.3. The fourth-order valence-electron chi connectivity index (χ4n) is 3.07. The van der Waals surface area contributed by atoms with Crippen LogP contribution in [0.15, 0.2) is 18.2 Å². The van der Waals surface area contributed by atoms with E-state index in [1.54, 1.807) is 0 Å². The monoisotopic (exact) mass is 311 g/mol. The highest BCUT2D eigenvalue weighted by molar-refractivity contribution is 5.91. The lowest BCUT2D eigenvalue weighted by molar-refractivity contribution is -0.158. The number of halogens is 2. The molecule has 0 bridgehead atoms. The zero-order chi connectivity index (χ0) is 16.1. The van der Waals surface area contributed by atoms with Gasteiger partial charge in [-0.15, -0.1) is 0 Å². The average Bonchev–Trinajstić information content (AvgIpc) is 3.16. The molecule has 1 aromatic carbocycles. The van der Waals surface area contributed by atoms with Crippen LogP contribution in [0.4, 0.5) is 8.78 Å². The summed E-state index contributed by atoms with van der Waals surface area (Å²) in [4.78, 5) is 23.4. The summed E-state index contributed by atoms with van der Waals surface area (Å²) in [6.45, 7) is 0. The fraction of sp³-hybridized carbons (Fsp3) is 0.467. The highest BCUT2D eigenvalue weighted by Gasteiger charge is 2.54. The van der Waals surface area contributed by atoms with Gasteiger partial charge in [0.15, 0.2) is 0 Å². The molecule has 2 atom stereocenters. The van der Waals surface area contributed by atoms with E-state index in [0.717, 1.165) is 12.1 Å². The van der Waals surface area contributed by atoms with Crippen LogP contribution in [0.2, 0.25) is 0 Å². The molecule has 3 rings (SSSR count). The Morgan fingerprint density at radius 3 is 2.32 bits per heavy atom. The van der Waals surface area contributed by atoms with Crippen LogP contribution < -0.4 is 5.32 Å². The average molecular weight is 311 g/mol. The van der Waals surface area contributed by atoms with E-state index >= 15 is 0 Å². The molecule has 2 aliphatic rings. The van der Waals surface area contributed by atoms with Gasteiger partial charge in [0.2, 0.25) is 5.91 Å². The summed E-state index contributed by atoms with van der Waals surface area (Å²) in [6.07, 6.45) is -0.587. The summed E-state index contributed by atoms with van der Waals surface area (Å²) >= 11 is 0. The van der Waals surface area contributed by atoms with Crippen LogP contribution in [0.3, 0.4) is 0 Å². The zero-order valence-electron chi connectivity index (χ0n) is 11.6. The van der Waals surface area contributed by atoms with Gasteiger partial charge in [-0.3, -0.25) is 4.79 Å². The standard InChI is InChI=1S/C15H15F2NO4/c16-10-2-1-3-11(17)12(10)8-4-9(8)13(20)18-15(14(21)22)5-7(19)6-15/h1-3,7-9,19H,4-6H2,(H,18,20)(H,21,22). The lowest BCUT2D eigenvalue weighted by Gasteiger charge is -2.42. The SMILES string of the molecule is O=C(NC1(C(=O)O)CC(O)C1)C1CC1c1c(F)cccc1F. The maximum atomic E-state index is 13.7. The van der Waals surface area contributed by atoms with E-state index in [-0.39, 0.29) is 24.8 Å². The molecule has 1 amide bonds. The van der Waals surface area contributed by atoms with Gasteiger partial charge >= 0.3 is 5.97 Å². The largest absolute Gasteiger partial charge is 0.480 e. The highest BCUT2D eigenvalue weighted by Crippen LogP contribution is 2.49.